The summed E-state index contributed by atoms with van der Waals surface area (Å²) in [4.78, 5) is 16.2. The third-order valence-corrected chi connectivity index (χ3v) is 11.1. The summed E-state index contributed by atoms with van der Waals surface area (Å²) in [6.07, 6.45) is 16.5. The lowest BCUT2D eigenvalue weighted by atomic mass is 9.86. The number of hydrogen-bond donors (Lipinski definition) is 0. The van der Waals surface area contributed by atoms with Crippen LogP contribution in [0.4, 0.5) is 0 Å². The largest absolute Gasteiger partial charge is 0.208 e. The Kier molecular flexibility index (Phi) is 8.52. The number of allylic oxidation sites excluding steroid dienone is 6. The first-order chi connectivity index (χ1) is 25.2. The minimum Gasteiger partial charge on any atom is -0.208 e. The van der Waals surface area contributed by atoms with Crippen LogP contribution < -0.4 is 0 Å². The van der Waals surface area contributed by atoms with Gasteiger partial charge in [0.25, 0.3) is 0 Å². The first-order valence-corrected chi connectivity index (χ1v) is 18.8. The van der Waals surface area contributed by atoms with Crippen LogP contribution in [0, 0.1) is 0 Å². The van der Waals surface area contributed by atoms with Gasteiger partial charge in [0.15, 0.2) is 17.5 Å². The SMILES string of the molecule is C1=CC(c2cc(C3=CCCCC3)ccc2-c2ccc(-c3nc(-c4ccc(-c5ccccc5)cc4)nc(-c4cc5ccccc5s4)n3)cc2)=CCC1. The number of fused-ring (bicyclic) bond motifs is 1. The molecule has 2 heterocycles. The highest BCUT2D eigenvalue weighted by Gasteiger charge is 2.17. The summed E-state index contributed by atoms with van der Waals surface area (Å²) in [5.41, 5.74) is 12.2. The number of aromatic nitrogens is 3. The highest BCUT2D eigenvalue weighted by Crippen LogP contribution is 2.38. The first kappa shape index (κ1) is 31.3. The fourth-order valence-electron chi connectivity index (χ4n) is 7.23. The molecule has 5 aromatic carbocycles. The maximum atomic E-state index is 5.08. The van der Waals surface area contributed by atoms with E-state index in [9.17, 15) is 0 Å². The van der Waals surface area contributed by atoms with E-state index in [4.69, 9.17) is 15.0 Å². The van der Waals surface area contributed by atoms with Crippen LogP contribution in [0.5, 0.6) is 0 Å². The average Bonchev–Trinajstić information content (AvgIpc) is 3.66. The van der Waals surface area contributed by atoms with Crippen LogP contribution in [0.15, 0.2) is 152 Å². The van der Waals surface area contributed by atoms with Crippen molar-refractivity contribution in [3.8, 4) is 55.7 Å². The van der Waals surface area contributed by atoms with Crippen LogP contribution in [0.3, 0.4) is 0 Å². The summed E-state index contributed by atoms with van der Waals surface area (Å²) in [6, 6.07) is 45.4. The van der Waals surface area contributed by atoms with Gasteiger partial charge < -0.3 is 0 Å². The van der Waals surface area contributed by atoms with Crippen molar-refractivity contribution in [2.45, 2.75) is 38.5 Å². The van der Waals surface area contributed by atoms with Crippen molar-refractivity contribution in [2.75, 3.05) is 0 Å². The molecule has 0 atom stereocenters. The Morgan fingerprint density at radius 3 is 1.84 bits per heavy atom. The second-order valence-corrected chi connectivity index (χ2v) is 14.4. The molecular weight excluding hydrogens is 639 g/mol. The Morgan fingerprint density at radius 1 is 0.471 bits per heavy atom. The van der Waals surface area contributed by atoms with Gasteiger partial charge in [0, 0.05) is 15.8 Å². The summed E-state index contributed by atoms with van der Waals surface area (Å²) < 4.78 is 1.22. The fraction of sp³-hybridized carbons (Fsp3) is 0.128. The van der Waals surface area contributed by atoms with E-state index >= 15 is 0 Å². The monoisotopic (exact) mass is 675 g/mol. The third-order valence-electron chi connectivity index (χ3n) is 9.97. The van der Waals surface area contributed by atoms with Gasteiger partial charge in [-0.25, -0.2) is 15.0 Å². The van der Waals surface area contributed by atoms with E-state index in [0.717, 1.165) is 40.8 Å². The number of benzene rings is 5. The van der Waals surface area contributed by atoms with E-state index < -0.39 is 0 Å². The van der Waals surface area contributed by atoms with Gasteiger partial charge in [0.05, 0.1) is 4.88 Å². The molecule has 0 spiro atoms. The molecule has 0 amide bonds. The lowest BCUT2D eigenvalue weighted by Gasteiger charge is -2.18. The minimum atomic E-state index is 0.669. The Balaban J connectivity index is 1.11. The molecule has 4 heteroatoms. The van der Waals surface area contributed by atoms with Gasteiger partial charge in [-0.3, -0.25) is 0 Å². The molecule has 51 heavy (non-hydrogen) atoms. The molecule has 2 aliphatic rings. The van der Waals surface area contributed by atoms with Crippen LogP contribution >= 0.6 is 11.3 Å². The number of hydrogen-bond acceptors (Lipinski definition) is 4. The van der Waals surface area contributed by atoms with Crippen molar-refractivity contribution in [3.63, 3.8) is 0 Å². The number of thiophene rings is 1. The van der Waals surface area contributed by atoms with Crippen LogP contribution in [0.25, 0.3) is 77.0 Å². The normalized spacial score (nSPS) is 14.4. The standard InChI is InChI=1S/C47H37N3S/c1-4-12-32(13-5-1)34-20-24-37(25-21-34)45-48-46(50-47(49-45)44-31-40-18-10-11-19-43(40)51-44)38-26-22-36(23-27-38)41-29-28-39(33-14-6-2-7-15-33)30-42(41)35-16-8-3-9-17-35/h1,4-5,8,10-14,16-31H,2-3,6-7,9,15H2. The summed E-state index contributed by atoms with van der Waals surface area (Å²) in [5.74, 6) is 2.03. The van der Waals surface area contributed by atoms with Gasteiger partial charge >= 0.3 is 0 Å². The van der Waals surface area contributed by atoms with Gasteiger partial charge in [-0.15, -0.1) is 11.3 Å². The highest BCUT2D eigenvalue weighted by molar-refractivity contribution is 7.22. The molecular formula is C47H37N3S. The Labute approximate surface area is 303 Å². The number of nitrogens with zero attached hydrogens (tertiary/aromatic N) is 3. The van der Waals surface area contributed by atoms with Crippen LogP contribution in [0.1, 0.15) is 49.7 Å². The molecule has 0 unspecified atom stereocenters. The molecule has 0 fully saturated rings. The molecule has 2 aliphatic carbocycles. The summed E-state index contributed by atoms with van der Waals surface area (Å²) in [7, 11) is 0. The second kappa shape index (κ2) is 13.9. The maximum absolute atomic E-state index is 5.08. The maximum Gasteiger partial charge on any atom is 0.174 e. The zero-order valence-corrected chi connectivity index (χ0v) is 29.2. The third kappa shape index (κ3) is 6.51. The Bertz CT molecular complexity index is 2420. The molecule has 0 aliphatic heterocycles. The predicted molar refractivity (Wildman–Crippen MR) is 215 cm³/mol. The molecule has 0 bridgehead atoms. The zero-order valence-electron chi connectivity index (χ0n) is 28.4. The predicted octanol–water partition coefficient (Wildman–Crippen LogP) is 13.1. The van der Waals surface area contributed by atoms with Gasteiger partial charge in [0.2, 0.25) is 0 Å². The van der Waals surface area contributed by atoms with E-state index in [0.29, 0.717) is 17.5 Å². The molecule has 0 saturated heterocycles. The van der Waals surface area contributed by atoms with Crippen LogP contribution in [0.2, 0.25) is 0 Å². The fourth-order valence-corrected chi connectivity index (χ4v) is 8.22. The molecule has 3 nitrogen and oxygen atoms in total. The molecule has 246 valence electrons. The van der Waals surface area contributed by atoms with E-state index in [1.165, 1.54) is 68.3 Å². The van der Waals surface area contributed by atoms with Crippen LogP contribution in [-0.4, -0.2) is 15.0 Å². The lowest BCUT2D eigenvalue weighted by Crippen LogP contribution is -1.99. The summed E-state index contributed by atoms with van der Waals surface area (Å²) >= 11 is 1.72. The van der Waals surface area contributed by atoms with Gasteiger partial charge in [-0.2, -0.15) is 0 Å². The zero-order chi connectivity index (χ0) is 34.0. The average molecular weight is 676 g/mol. The van der Waals surface area contributed by atoms with Gasteiger partial charge in [0.1, 0.15) is 0 Å². The van der Waals surface area contributed by atoms with Crippen molar-refractivity contribution in [1.29, 1.82) is 0 Å². The lowest BCUT2D eigenvalue weighted by molar-refractivity contribution is 0.742. The van der Waals surface area contributed by atoms with Crippen molar-refractivity contribution < 1.29 is 0 Å². The summed E-state index contributed by atoms with van der Waals surface area (Å²) in [5, 5.41) is 1.20. The molecule has 7 aromatic rings. The van der Waals surface area contributed by atoms with Crippen molar-refractivity contribution >= 4 is 32.6 Å². The van der Waals surface area contributed by atoms with E-state index in [-0.39, 0.29) is 0 Å². The molecule has 0 saturated carbocycles. The Morgan fingerprint density at radius 2 is 1.14 bits per heavy atom. The van der Waals surface area contributed by atoms with Crippen molar-refractivity contribution in [3.05, 3.63) is 163 Å². The molecule has 9 rings (SSSR count). The van der Waals surface area contributed by atoms with Gasteiger partial charge in [-0.1, -0.05) is 133 Å². The second-order valence-electron chi connectivity index (χ2n) is 13.4. The van der Waals surface area contributed by atoms with Crippen molar-refractivity contribution in [1.82, 2.24) is 15.0 Å². The highest BCUT2D eigenvalue weighted by atomic mass is 32.1. The Hall–Kier alpha value is -5.71. The smallest absolute Gasteiger partial charge is 0.174 e. The number of rotatable bonds is 7. The first-order valence-electron chi connectivity index (χ1n) is 18.0. The quantitative estimate of drug-likeness (QED) is 0.169. The van der Waals surface area contributed by atoms with Gasteiger partial charge in [-0.05, 0) is 107 Å². The topological polar surface area (TPSA) is 38.7 Å². The van der Waals surface area contributed by atoms with E-state index in [1.54, 1.807) is 11.3 Å². The molecule has 0 N–H and O–H groups in total. The molecule has 2 aromatic heterocycles. The minimum absolute atomic E-state index is 0.669. The summed E-state index contributed by atoms with van der Waals surface area (Å²) in [6.45, 7) is 0. The van der Waals surface area contributed by atoms with E-state index in [1.807, 2.05) is 6.07 Å². The van der Waals surface area contributed by atoms with Crippen molar-refractivity contribution in [2.24, 2.45) is 0 Å². The van der Waals surface area contributed by atoms with Crippen LogP contribution in [-0.2, 0) is 0 Å². The molecule has 0 radical (unpaired) electrons. The van der Waals surface area contributed by atoms with E-state index in [2.05, 4.69) is 146 Å².